The van der Waals surface area contributed by atoms with Gasteiger partial charge in [-0.3, -0.25) is 0 Å². The molecule has 0 aromatic carbocycles. The SMILES string of the molecule is O=[C]([Fe])OC1C=CC=C1. The summed E-state index contributed by atoms with van der Waals surface area (Å²) in [7, 11) is 0. The Bertz CT molecular complexity index is 160. The van der Waals surface area contributed by atoms with Crippen LogP contribution in [0.5, 0.6) is 0 Å². The normalized spacial score (nSPS) is 16.6. The second-order valence-electron chi connectivity index (χ2n) is 1.58. The third-order valence-electron chi connectivity index (χ3n) is 0.939. The summed E-state index contributed by atoms with van der Waals surface area (Å²) >= 11 is 3.07. The van der Waals surface area contributed by atoms with E-state index in [1.165, 1.54) is 0 Å². The van der Waals surface area contributed by atoms with Gasteiger partial charge in [0.25, 0.3) is 0 Å². The second kappa shape index (κ2) is 2.85. The molecule has 1 aliphatic rings. The molecule has 0 atom stereocenters. The van der Waals surface area contributed by atoms with E-state index in [-0.39, 0.29) is 6.10 Å². The van der Waals surface area contributed by atoms with Gasteiger partial charge in [0.1, 0.15) is 0 Å². The summed E-state index contributed by atoms with van der Waals surface area (Å²) in [4.78, 5) is 9.71. The van der Waals surface area contributed by atoms with E-state index in [0.717, 1.165) is 0 Å². The molecule has 0 spiro atoms. The maximum atomic E-state index is 10.2. The van der Waals surface area contributed by atoms with Crippen LogP contribution in [0.4, 0.5) is 4.79 Å². The van der Waals surface area contributed by atoms with E-state index in [9.17, 15) is 4.79 Å². The molecule has 0 unspecified atom stereocenters. The predicted molar refractivity (Wildman–Crippen MR) is 28.5 cm³/mol. The van der Waals surface area contributed by atoms with Crippen molar-refractivity contribution in [2.45, 2.75) is 6.10 Å². The number of ether oxygens (including phenoxy) is 1. The maximum absolute atomic E-state index is 10.2. The number of carbonyl (C=O) groups is 1. The third kappa shape index (κ3) is 2.04. The van der Waals surface area contributed by atoms with Crippen molar-refractivity contribution in [1.82, 2.24) is 0 Å². The Morgan fingerprint density at radius 1 is 1.44 bits per heavy atom. The molecule has 0 N–H and O–H groups in total. The summed E-state index contributed by atoms with van der Waals surface area (Å²) in [5.41, 5.74) is 0. The average molecular weight is 165 g/mol. The quantitative estimate of drug-likeness (QED) is 0.545. The zero-order chi connectivity index (χ0) is 6.69. The van der Waals surface area contributed by atoms with Crippen molar-refractivity contribution in [3.63, 3.8) is 0 Å². The van der Waals surface area contributed by atoms with Crippen molar-refractivity contribution in [3.05, 3.63) is 24.3 Å². The van der Waals surface area contributed by atoms with Crippen LogP contribution in [-0.2, 0) is 20.7 Å². The van der Waals surface area contributed by atoms with Crippen LogP contribution in [0.25, 0.3) is 0 Å². The summed E-state index contributed by atoms with van der Waals surface area (Å²) in [6.45, 7) is 0. The van der Waals surface area contributed by atoms with Gasteiger partial charge in [0, 0.05) is 0 Å². The first-order chi connectivity index (χ1) is 4.29. The second-order valence-corrected chi connectivity index (χ2v) is 2.03. The summed E-state index contributed by atoms with van der Waals surface area (Å²) in [5.74, 6) is 0. The summed E-state index contributed by atoms with van der Waals surface area (Å²) < 4.78 is 4.69. The van der Waals surface area contributed by atoms with Crippen molar-refractivity contribution in [1.29, 1.82) is 0 Å². The fourth-order valence-corrected chi connectivity index (χ4v) is 0.744. The number of carbonyl (C=O) groups excluding carboxylic acids is 1. The van der Waals surface area contributed by atoms with Crippen molar-refractivity contribution >= 4 is 4.87 Å². The molecule has 0 radical (unpaired) electrons. The number of hydrogen-bond donors (Lipinski definition) is 0. The molecule has 1 aliphatic carbocycles. The standard InChI is InChI=1S/C6H5O2.Fe/c7-5-8-6-3-1-2-4-6;/h1-4,6H;. The Hall–Kier alpha value is -0.531. The third-order valence-corrected chi connectivity index (χ3v) is 1.07. The Kier molecular flexibility index (Phi) is 2.09. The molecule has 0 amide bonds. The molecule has 3 heteroatoms. The average Bonchev–Trinajstić information content (AvgIpc) is 2.15. The van der Waals surface area contributed by atoms with Crippen LogP contribution >= 0.6 is 0 Å². The van der Waals surface area contributed by atoms with Gasteiger partial charge < -0.3 is 0 Å². The summed E-state index contributed by atoms with van der Waals surface area (Å²) in [6, 6.07) is 0. The molecular weight excluding hydrogens is 160 g/mol. The van der Waals surface area contributed by atoms with Gasteiger partial charge in [-0.25, -0.2) is 0 Å². The van der Waals surface area contributed by atoms with E-state index in [0.29, 0.717) is 0 Å². The molecule has 0 aromatic rings. The zero-order valence-electron chi connectivity index (χ0n) is 4.56. The summed E-state index contributed by atoms with van der Waals surface area (Å²) in [6.07, 6.45) is 7.03. The number of hydrogen-bond acceptors (Lipinski definition) is 2. The molecule has 0 saturated heterocycles. The van der Waals surface area contributed by atoms with Crippen molar-refractivity contribution in [3.8, 4) is 0 Å². The van der Waals surface area contributed by atoms with Crippen molar-refractivity contribution < 1.29 is 25.5 Å². The first kappa shape index (κ1) is 6.59. The van der Waals surface area contributed by atoms with E-state index in [2.05, 4.69) is 20.7 Å². The topological polar surface area (TPSA) is 26.3 Å². The molecule has 0 aromatic heterocycles. The molecule has 0 fully saturated rings. The Labute approximate surface area is 61.4 Å². The molecule has 0 bridgehead atoms. The first-order valence-electron chi connectivity index (χ1n) is 2.49. The van der Waals surface area contributed by atoms with Crippen LogP contribution in [0.3, 0.4) is 0 Å². The molecule has 49 valence electrons. The van der Waals surface area contributed by atoms with Crippen molar-refractivity contribution in [2.75, 3.05) is 0 Å². The van der Waals surface area contributed by atoms with Gasteiger partial charge >= 0.3 is 60.8 Å². The Morgan fingerprint density at radius 2 is 2.00 bits per heavy atom. The van der Waals surface area contributed by atoms with Crippen molar-refractivity contribution in [2.24, 2.45) is 0 Å². The van der Waals surface area contributed by atoms with Gasteiger partial charge in [-0.05, 0) is 0 Å². The van der Waals surface area contributed by atoms with Crippen LogP contribution in [0.2, 0.25) is 0 Å². The van der Waals surface area contributed by atoms with Crippen LogP contribution in [0.15, 0.2) is 24.3 Å². The fourth-order valence-electron chi connectivity index (χ4n) is 0.594. The van der Waals surface area contributed by atoms with Crippen LogP contribution < -0.4 is 0 Å². The number of allylic oxidation sites excluding steroid dienone is 2. The van der Waals surface area contributed by atoms with E-state index < -0.39 is 4.87 Å². The van der Waals surface area contributed by atoms with Crippen LogP contribution in [-0.4, -0.2) is 11.0 Å². The minimum absolute atomic E-state index is 0.185. The Balaban J connectivity index is 2.37. The van der Waals surface area contributed by atoms with Gasteiger partial charge in [-0.2, -0.15) is 0 Å². The van der Waals surface area contributed by atoms with Gasteiger partial charge in [-0.1, -0.05) is 0 Å². The molecule has 0 aliphatic heterocycles. The van der Waals surface area contributed by atoms with E-state index >= 15 is 0 Å². The zero-order valence-corrected chi connectivity index (χ0v) is 5.66. The first-order valence-corrected chi connectivity index (χ1v) is 3.04. The van der Waals surface area contributed by atoms with E-state index in [1.807, 2.05) is 12.2 Å². The van der Waals surface area contributed by atoms with Crippen LogP contribution in [0.1, 0.15) is 0 Å². The van der Waals surface area contributed by atoms with Gasteiger partial charge in [0.05, 0.1) is 0 Å². The molecule has 2 nitrogen and oxygen atoms in total. The van der Waals surface area contributed by atoms with Gasteiger partial charge in [-0.15, -0.1) is 0 Å². The van der Waals surface area contributed by atoms with E-state index in [1.54, 1.807) is 12.2 Å². The van der Waals surface area contributed by atoms with E-state index in [4.69, 9.17) is 0 Å². The molecule has 1 rings (SSSR count). The molecule has 0 saturated carbocycles. The van der Waals surface area contributed by atoms with Gasteiger partial charge in [0.15, 0.2) is 0 Å². The monoisotopic (exact) mass is 165 g/mol. The Morgan fingerprint density at radius 3 is 2.44 bits per heavy atom. The van der Waals surface area contributed by atoms with Crippen LogP contribution in [0, 0.1) is 0 Å². The minimum atomic E-state index is -0.490. The predicted octanol–water partition coefficient (Wildman–Crippen LogP) is 1.16. The van der Waals surface area contributed by atoms with Gasteiger partial charge in [0.2, 0.25) is 0 Å². The molecule has 0 heterocycles. The molecule has 9 heavy (non-hydrogen) atoms. The summed E-state index contributed by atoms with van der Waals surface area (Å²) in [5, 5.41) is 0. The number of rotatable bonds is 1. The fraction of sp³-hybridized carbons (Fsp3) is 0.167. The molecular formula is C6H5FeO2.